The van der Waals surface area contributed by atoms with Crippen molar-refractivity contribution in [3.63, 3.8) is 0 Å². The molecule has 4 heteroatoms. The summed E-state index contributed by atoms with van der Waals surface area (Å²) < 4.78 is 0. The minimum Gasteiger partial charge on any atom is -0.355 e. The predicted molar refractivity (Wildman–Crippen MR) is 98.4 cm³/mol. The van der Waals surface area contributed by atoms with Gasteiger partial charge in [0.2, 0.25) is 0 Å². The van der Waals surface area contributed by atoms with E-state index in [-0.39, 0.29) is 11.8 Å². The molecule has 0 aliphatic rings. The molecule has 0 saturated heterocycles. The van der Waals surface area contributed by atoms with Gasteiger partial charge in [0.05, 0.1) is 0 Å². The standard InChI is InChI=1S/C11H15NO.C9H11NO/c1-4-12(3)11(13)10-7-5-6-9(2)8-10;1-7-3-5-8(6-4-7)9(11)10-2/h5-8H,4H2,1-3H3;3-6H,1-2H3,(H,10,11). The van der Waals surface area contributed by atoms with Crippen LogP contribution >= 0.6 is 0 Å². The van der Waals surface area contributed by atoms with Crippen molar-refractivity contribution in [2.45, 2.75) is 20.8 Å². The number of carbonyl (C=O) groups excluding carboxylic acids is 2. The molecule has 0 saturated carbocycles. The van der Waals surface area contributed by atoms with Crippen molar-refractivity contribution in [2.24, 2.45) is 0 Å². The van der Waals surface area contributed by atoms with Gasteiger partial charge in [0.25, 0.3) is 11.8 Å². The molecule has 0 aromatic heterocycles. The first kappa shape index (κ1) is 19.4. The third-order valence-corrected chi connectivity index (χ3v) is 3.63. The number of nitrogens with one attached hydrogen (secondary N) is 1. The topological polar surface area (TPSA) is 49.4 Å². The van der Waals surface area contributed by atoms with Gasteiger partial charge in [-0.25, -0.2) is 0 Å². The second-order valence-electron chi connectivity index (χ2n) is 5.63. The summed E-state index contributed by atoms with van der Waals surface area (Å²) in [5.74, 6) is 0.0520. The number of hydrogen-bond donors (Lipinski definition) is 1. The van der Waals surface area contributed by atoms with Crippen molar-refractivity contribution in [3.05, 3.63) is 70.8 Å². The van der Waals surface area contributed by atoms with Crippen molar-refractivity contribution in [2.75, 3.05) is 20.6 Å². The van der Waals surface area contributed by atoms with Crippen LogP contribution in [0.1, 0.15) is 38.8 Å². The van der Waals surface area contributed by atoms with Crippen molar-refractivity contribution < 1.29 is 9.59 Å². The molecule has 0 aliphatic heterocycles. The second kappa shape index (κ2) is 9.50. The van der Waals surface area contributed by atoms with Crippen LogP contribution in [0.2, 0.25) is 0 Å². The van der Waals surface area contributed by atoms with Gasteiger partial charge < -0.3 is 10.2 Å². The van der Waals surface area contributed by atoms with E-state index in [0.29, 0.717) is 5.56 Å². The van der Waals surface area contributed by atoms with Gasteiger partial charge in [-0.1, -0.05) is 35.4 Å². The lowest BCUT2D eigenvalue weighted by Crippen LogP contribution is -2.26. The molecule has 0 radical (unpaired) electrons. The van der Waals surface area contributed by atoms with Crippen LogP contribution in [0.15, 0.2) is 48.5 Å². The summed E-state index contributed by atoms with van der Waals surface area (Å²) in [6.45, 7) is 6.69. The van der Waals surface area contributed by atoms with Gasteiger partial charge in [0.1, 0.15) is 0 Å². The summed E-state index contributed by atoms with van der Waals surface area (Å²) in [6, 6.07) is 15.1. The van der Waals surface area contributed by atoms with Gasteiger partial charge in [-0.05, 0) is 45.0 Å². The number of aryl methyl sites for hydroxylation is 2. The number of rotatable bonds is 3. The molecule has 0 atom stereocenters. The molecular weight excluding hydrogens is 300 g/mol. The van der Waals surface area contributed by atoms with Crippen LogP contribution in [-0.2, 0) is 0 Å². The van der Waals surface area contributed by atoms with Crippen LogP contribution < -0.4 is 5.32 Å². The molecule has 0 fully saturated rings. The van der Waals surface area contributed by atoms with Gasteiger partial charge in [-0.15, -0.1) is 0 Å². The Morgan fingerprint density at radius 2 is 1.58 bits per heavy atom. The molecule has 2 rings (SSSR count). The van der Waals surface area contributed by atoms with Crippen molar-refractivity contribution in [1.82, 2.24) is 10.2 Å². The molecule has 0 unspecified atom stereocenters. The lowest BCUT2D eigenvalue weighted by Gasteiger charge is -2.14. The molecule has 4 nitrogen and oxygen atoms in total. The monoisotopic (exact) mass is 326 g/mol. The van der Waals surface area contributed by atoms with Crippen molar-refractivity contribution in [3.8, 4) is 0 Å². The number of carbonyl (C=O) groups is 2. The maximum atomic E-state index is 11.7. The zero-order valence-electron chi connectivity index (χ0n) is 15.1. The van der Waals surface area contributed by atoms with E-state index in [1.54, 1.807) is 11.9 Å². The zero-order chi connectivity index (χ0) is 18.1. The number of hydrogen-bond acceptors (Lipinski definition) is 2. The Balaban J connectivity index is 0.000000243. The van der Waals surface area contributed by atoms with Gasteiger partial charge in [0.15, 0.2) is 0 Å². The Kier molecular flexibility index (Phi) is 7.69. The Bertz CT molecular complexity index is 678. The summed E-state index contributed by atoms with van der Waals surface area (Å²) in [5, 5.41) is 2.56. The molecule has 1 N–H and O–H groups in total. The molecule has 2 aromatic carbocycles. The fourth-order valence-electron chi connectivity index (χ4n) is 1.99. The van der Waals surface area contributed by atoms with Gasteiger partial charge >= 0.3 is 0 Å². The predicted octanol–water partition coefficient (Wildman–Crippen LogP) is 3.44. The first-order valence-corrected chi connectivity index (χ1v) is 8.00. The molecule has 128 valence electrons. The number of benzene rings is 2. The molecule has 0 spiro atoms. The molecule has 0 bridgehead atoms. The Labute approximate surface area is 144 Å². The van der Waals surface area contributed by atoms with Gasteiger partial charge in [-0.3, -0.25) is 9.59 Å². The summed E-state index contributed by atoms with van der Waals surface area (Å²) in [4.78, 5) is 24.4. The highest BCUT2D eigenvalue weighted by molar-refractivity contribution is 5.94. The van der Waals surface area contributed by atoms with Crippen molar-refractivity contribution in [1.29, 1.82) is 0 Å². The smallest absolute Gasteiger partial charge is 0.253 e. The Morgan fingerprint density at radius 1 is 0.958 bits per heavy atom. The Morgan fingerprint density at radius 3 is 2.08 bits per heavy atom. The second-order valence-corrected chi connectivity index (χ2v) is 5.63. The number of nitrogens with zero attached hydrogens (tertiary/aromatic N) is 1. The van der Waals surface area contributed by atoms with Crippen LogP contribution in [0.4, 0.5) is 0 Å². The molecule has 0 heterocycles. The van der Waals surface area contributed by atoms with E-state index in [4.69, 9.17) is 0 Å². The van der Waals surface area contributed by atoms with Gasteiger partial charge in [0, 0.05) is 31.8 Å². The third-order valence-electron chi connectivity index (χ3n) is 3.63. The third kappa shape index (κ3) is 5.88. The van der Waals surface area contributed by atoms with Crippen LogP contribution in [0.5, 0.6) is 0 Å². The molecular formula is C20H26N2O2. The van der Waals surface area contributed by atoms with Crippen LogP contribution in [0, 0.1) is 13.8 Å². The first-order valence-electron chi connectivity index (χ1n) is 8.00. The van der Waals surface area contributed by atoms with Crippen LogP contribution in [0.3, 0.4) is 0 Å². The van der Waals surface area contributed by atoms with E-state index in [0.717, 1.165) is 23.2 Å². The van der Waals surface area contributed by atoms with Gasteiger partial charge in [-0.2, -0.15) is 0 Å². The molecule has 2 amide bonds. The average Bonchev–Trinajstić information content (AvgIpc) is 2.61. The first-order chi connectivity index (χ1) is 11.4. The summed E-state index contributed by atoms with van der Waals surface area (Å²) >= 11 is 0. The highest BCUT2D eigenvalue weighted by atomic mass is 16.2. The fraction of sp³-hybridized carbons (Fsp3) is 0.300. The SMILES string of the molecule is CCN(C)C(=O)c1cccc(C)c1.CNC(=O)c1ccc(C)cc1. The van der Waals surface area contributed by atoms with Crippen LogP contribution in [0.25, 0.3) is 0 Å². The largest absolute Gasteiger partial charge is 0.355 e. The maximum absolute atomic E-state index is 11.7. The summed E-state index contributed by atoms with van der Waals surface area (Å²) in [5.41, 5.74) is 3.76. The number of amides is 2. The molecule has 24 heavy (non-hydrogen) atoms. The minimum absolute atomic E-state index is 0.0370. The van der Waals surface area contributed by atoms with E-state index < -0.39 is 0 Å². The zero-order valence-corrected chi connectivity index (χ0v) is 15.1. The maximum Gasteiger partial charge on any atom is 0.253 e. The van der Waals surface area contributed by atoms with Crippen LogP contribution in [-0.4, -0.2) is 37.4 Å². The lowest BCUT2D eigenvalue weighted by atomic mass is 10.1. The summed E-state index contributed by atoms with van der Waals surface area (Å²) in [6.07, 6.45) is 0. The van der Waals surface area contributed by atoms with E-state index in [1.807, 2.05) is 76.3 Å². The lowest BCUT2D eigenvalue weighted by molar-refractivity contribution is 0.0802. The van der Waals surface area contributed by atoms with E-state index >= 15 is 0 Å². The normalized spacial score (nSPS) is 9.54. The molecule has 2 aromatic rings. The van der Waals surface area contributed by atoms with E-state index in [9.17, 15) is 9.59 Å². The van der Waals surface area contributed by atoms with E-state index in [2.05, 4.69) is 5.32 Å². The quantitative estimate of drug-likeness (QED) is 0.939. The van der Waals surface area contributed by atoms with Crippen molar-refractivity contribution >= 4 is 11.8 Å². The van der Waals surface area contributed by atoms with E-state index in [1.165, 1.54) is 0 Å². The fourth-order valence-corrected chi connectivity index (χ4v) is 1.99. The average molecular weight is 326 g/mol. The summed E-state index contributed by atoms with van der Waals surface area (Å²) in [7, 11) is 3.44. The highest BCUT2D eigenvalue weighted by Crippen LogP contribution is 2.06. The molecule has 0 aliphatic carbocycles. The Hall–Kier alpha value is -2.62. The highest BCUT2D eigenvalue weighted by Gasteiger charge is 2.08. The minimum atomic E-state index is -0.0370.